The number of rotatable bonds is 5. The Hall–Kier alpha value is -2.61. The second-order valence-corrected chi connectivity index (χ2v) is 8.70. The number of fused-ring (bicyclic) bond motifs is 3. The van der Waals surface area contributed by atoms with Gasteiger partial charge in [-0.2, -0.15) is 13.2 Å². The molecule has 9 heteroatoms. The first-order valence-electron chi connectivity index (χ1n) is 11.5. The number of hydrogen-bond donors (Lipinski definition) is 0. The van der Waals surface area contributed by atoms with Crippen LogP contribution in [0.3, 0.4) is 0 Å². The molecule has 0 bridgehead atoms. The van der Waals surface area contributed by atoms with Crippen LogP contribution in [0.2, 0.25) is 0 Å². The van der Waals surface area contributed by atoms with Crippen molar-refractivity contribution >= 4 is 30.5 Å². The molecule has 5 rings (SSSR count). The third kappa shape index (κ3) is 5.69. The monoisotopic (exact) mass is 540 g/mol. The molecule has 36 heavy (non-hydrogen) atoms. The molecule has 3 aromatic carbocycles. The Morgan fingerprint density at radius 2 is 1.67 bits per heavy atom. The van der Waals surface area contributed by atoms with Crippen LogP contribution in [-0.2, 0) is 19.2 Å². The topological polar surface area (TPSA) is 24.9 Å². The van der Waals surface area contributed by atoms with E-state index in [4.69, 9.17) is 9.47 Å². The summed E-state index contributed by atoms with van der Waals surface area (Å²) in [4.78, 5) is 4.40. The summed E-state index contributed by atoms with van der Waals surface area (Å²) < 4.78 is 50.9. The van der Waals surface area contributed by atoms with Crippen molar-refractivity contribution in [2.24, 2.45) is 0 Å². The predicted molar refractivity (Wildman–Crippen MR) is 141 cm³/mol. The third-order valence-electron chi connectivity index (χ3n) is 6.69. The Morgan fingerprint density at radius 3 is 2.39 bits per heavy atom. The minimum atomic E-state index is -4.32. The van der Waals surface area contributed by atoms with Crippen LogP contribution < -0.4 is 14.4 Å². The number of halogens is 5. The highest BCUT2D eigenvalue weighted by molar-refractivity contribution is 5.85. The van der Waals surface area contributed by atoms with Gasteiger partial charge in [0.2, 0.25) is 0 Å². The molecule has 2 heterocycles. The molecule has 0 atom stereocenters. The Kier molecular flexibility index (Phi) is 9.03. The molecule has 4 nitrogen and oxygen atoms in total. The van der Waals surface area contributed by atoms with Gasteiger partial charge in [-0.05, 0) is 47.4 Å². The fraction of sp³-hybridized carbons (Fsp3) is 0.333. The fourth-order valence-corrected chi connectivity index (χ4v) is 4.84. The van der Waals surface area contributed by atoms with Crippen LogP contribution >= 0.6 is 24.8 Å². The number of hydrogen-bond acceptors (Lipinski definition) is 4. The molecule has 1 fully saturated rings. The SMILES string of the molecule is COc1ccc(CCN2CCN(c3cccc(C(F)(F)F)c3)CC2)c2c1OCc1ccccc1-2.Cl.Cl. The van der Waals surface area contributed by atoms with Crippen LogP contribution in [0.15, 0.2) is 60.7 Å². The normalized spacial score (nSPS) is 15.1. The zero-order chi connectivity index (χ0) is 23.7. The van der Waals surface area contributed by atoms with Crippen LogP contribution in [0.25, 0.3) is 11.1 Å². The maximum atomic E-state index is 13.1. The largest absolute Gasteiger partial charge is 0.493 e. The van der Waals surface area contributed by atoms with E-state index in [9.17, 15) is 13.2 Å². The van der Waals surface area contributed by atoms with E-state index in [-0.39, 0.29) is 24.8 Å². The van der Waals surface area contributed by atoms with Crippen molar-refractivity contribution in [3.8, 4) is 22.6 Å². The van der Waals surface area contributed by atoms with Crippen molar-refractivity contribution in [2.45, 2.75) is 19.2 Å². The number of anilines is 1. The van der Waals surface area contributed by atoms with Crippen LogP contribution in [0.5, 0.6) is 11.5 Å². The highest BCUT2D eigenvalue weighted by Crippen LogP contribution is 2.45. The lowest BCUT2D eigenvalue weighted by atomic mass is 9.91. The first kappa shape index (κ1) is 28.0. The van der Waals surface area contributed by atoms with E-state index in [1.807, 2.05) is 23.1 Å². The minimum absolute atomic E-state index is 0. The molecule has 2 aliphatic rings. The maximum Gasteiger partial charge on any atom is 0.416 e. The van der Waals surface area contributed by atoms with Gasteiger partial charge in [0.05, 0.1) is 12.7 Å². The second-order valence-electron chi connectivity index (χ2n) is 8.70. The molecule has 0 amide bonds. The van der Waals surface area contributed by atoms with Gasteiger partial charge in [-0.25, -0.2) is 0 Å². The van der Waals surface area contributed by atoms with Gasteiger partial charge in [-0.15, -0.1) is 24.8 Å². The van der Waals surface area contributed by atoms with Gasteiger partial charge >= 0.3 is 6.18 Å². The summed E-state index contributed by atoms with van der Waals surface area (Å²) in [5.74, 6) is 1.54. The zero-order valence-electron chi connectivity index (χ0n) is 19.9. The Labute approximate surface area is 221 Å². The molecule has 0 spiro atoms. The number of ether oxygens (including phenoxy) is 2. The Bertz CT molecular complexity index is 1180. The first-order chi connectivity index (χ1) is 16.4. The molecule has 0 aromatic heterocycles. The number of nitrogens with zero attached hydrogens (tertiary/aromatic N) is 2. The fourth-order valence-electron chi connectivity index (χ4n) is 4.84. The molecule has 194 valence electrons. The van der Waals surface area contributed by atoms with Crippen LogP contribution in [0.1, 0.15) is 16.7 Å². The van der Waals surface area contributed by atoms with Gasteiger partial charge in [0.15, 0.2) is 11.5 Å². The summed E-state index contributed by atoms with van der Waals surface area (Å²) in [6.45, 7) is 4.42. The smallest absolute Gasteiger partial charge is 0.416 e. The Morgan fingerprint density at radius 1 is 0.917 bits per heavy atom. The average molecular weight is 541 g/mol. The standard InChI is InChI=1S/C27H27F3N2O2.2ClH/c1-33-24-10-9-19(25-23-8-3-2-5-20(23)18-34-26(24)25)11-12-31-13-15-32(16-14-31)22-7-4-6-21(17-22)27(28,29)30;;/h2-10,17H,11-16,18H2,1H3;2*1H. The van der Waals surface area contributed by atoms with E-state index in [0.29, 0.717) is 25.4 Å². The molecule has 3 aromatic rings. The summed E-state index contributed by atoms with van der Waals surface area (Å²) in [6.07, 6.45) is -3.47. The minimum Gasteiger partial charge on any atom is -0.493 e. The highest BCUT2D eigenvalue weighted by atomic mass is 35.5. The molecule has 0 unspecified atom stereocenters. The van der Waals surface area contributed by atoms with Gasteiger partial charge < -0.3 is 14.4 Å². The average Bonchev–Trinajstić information content (AvgIpc) is 2.87. The van der Waals surface area contributed by atoms with E-state index in [0.717, 1.165) is 49.2 Å². The van der Waals surface area contributed by atoms with Crippen molar-refractivity contribution in [1.82, 2.24) is 4.90 Å². The van der Waals surface area contributed by atoms with Crippen LogP contribution in [-0.4, -0.2) is 44.7 Å². The molecular weight excluding hydrogens is 512 g/mol. The van der Waals surface area contributed by atoms with E-state index < -0.39 is 11.7 Å². The van der Waals surface area contributed by atoms with E-state index in [2.05, 4.69) is 23.1 Å². The first-order valence-corrected chi connectivity index (χ1v) is 11.5. The summed E-state index contributed by atoms with van der Waals surface area (Å²) in [5, 5.41) is 0. The van der Waals surface area contributed by atoms with Crippen LogP contribution in [0.4, 0.5) is 18.9 Å². The second kappa shape index (κ2) is 11.6. The van der Waals surface area contributed by atoms with Gasteiger partial charge in [0, 0.05) is 44.0 Å². The number of alkyl halides is 3. The molecule has 0 saturated carbocycles. The van der Waals surface area contributed by atoms with Crippen molar-refractivity contribution in [2.75, 3.05) is 44.7 Å². The summed E-state index contributed by atoms with van der Waals surface area (Å²) in [5.41, 5.74) is 4.70. The lowest BCUT2D eigenvalue weighted by Gasteiger charge is -2.36. The molecule has 0 aliphatic carbocycles. The molecule has 1 saturated heterocycles. The molecule has 0 N–H and O–H groups in total. The van der Waals surface area contributed by atoms with Gasteiger partial charge in [-0.1, -0.05) is 36.4 Å². The zero-order valence-corrected chi connectivity index (χ0v) is 21.5. The van der Waals surface area contributed by atoms with E-state index in [1.165, 1.54) is 28.8 Å². The third-order valence-corrected chi connectivity index (χ3v) is 6.69. The van der Waals surface area contributed by atoms with Gasteiger partial charge in [0.1, 0.15) is 6.61 Å². The number of piperazine rings is 1. The lowest BCUT2D eigenvalue weighted by Crippen LogP contribution is -2.47. The summed E-state index contributed by atoms with van der Waals surface area (Å²) >= 11 is 0. The Balaban J connectivity index is 0.00000180. The number of methoxy groups -OCH3 is 1. The maximum absolute atomic E-state index is 13.1. The quantitative estimate of drug-likeness (QED) is 0.369. The van der Waals surface area contributed by atoms with Crippen molar-refractivity contribution in [1.29, 1.82) is 0 Å². The molecule has 0 radical (unpaired) electrons. The lowest BCUT2D eigenvalue weighted by molar-refractivity contribution is -0.137. The van der Waals surface area contributed by atoms with Crippen molar-refractivity contribution < 1.29 is 22.6 Å². The van der Waals surface area contributed by atoms with Crippen molar-refractivity contribution in [3.63, 3.8) is 0 Å². The summed E-state index contributed by atoms with van der Waals surface area (Å²) in [7, 11) is 1.66. The predicted octanol–water partition coefficient (Wildman–Crippen LogP) is 6.48. The summed E-state index contributed by atoms with van der Waals surface area (Å²) in [6, 6.07) is 18.0. The number of benzene rings is 3. The van der Waals surface area contributed by atoms with E-state index >= 15 is 0 Å². The van der Waals surface area contributed by atoms with Gasteiger partial charge in [0.25, 0.3) is 0 Å². The molecular formula is C27H29Cl2F3N2O2. The van der Waals surface area contributed by atoms with Crippen molar-refractivity contribution in [3.05, 3.63) is 77.4 Å². The van der Waals surface area contributed by atoms with E-state index in [1.54, 1.807) is 13.2 Å². The molecule has 2 aliphatic heterocycles. The van der Waals surface area contributed by atoms with Crippen LogP contribution in [0, 0.1) is 0 Å². The highest BCUT2D eigenvalue weighted by Gasteiger charge is 2.31. The van der Waals surface area contributed by atoms with Gasteiger partial charge in [-0.3, -0.25) is 4.90 Å².